The highest BCUT2D eigenvalue weighted by molar-refractivity contribution is 5.84. The summed E-state index contributed by atoms with van der Waals surface area (Å²) in [6.45, 7) is 0.519. The Kier molecular flexibility index (Phi) is 3.55. The number of likely N-dealkylation sites (tertiary alicyclic amines) is 1. The molecule has 2 aliphatic rings. The van der Waals surface area contributed by atoms with Gasteiger partial charge in [-0.2, -0.15) is 0 Å². The molecular weight excluding hydrogens is 272 g/mol. The number of nitrogens with one attached hydrogen (secondary N) is 1. The molecule has 21 heavy (non-hydrogen) atoms. The van der Waals surface area contributed by atoms with Crippen LogP contribution in [0.3, 0.4) is 0 Å². The number of hydrogen-bond acceptors (Lipinski definition) is 4. The molecule has 2 fully saturated rings. The van der Waals surface area contributed by atoms with Crippen molar-refractivity contribution in [1.29, 1.82) is 0 Å². The van der Waals surface area contributed by atoms with E-state index >= 15 is 0 Å². The van der Waals surface area contributed by atoms with E-state index in [0.29, 0.717) is 0 Å². The molecule has 1 aliphatic heterocycles. The van der Waals surface area contributed by atoms with Gasteiger partial charge in [0, 0.05) is 6.04 Å². The fraction of sp³-hybridized carbons (Fsp3) is 0.467. The van der Waals surface area contributed by atoms with Gasteiger partial charge in [-0.25, -0.2) is 4.79 Å². The van der Waals surface area contributed by atoms with Crippen LogP contribution in [-0.2, 0) is 16.1 Å². The summed E-state index contributed by atoms with van der Waals surface area (Å²) < 4.78 is 5.19. The van der Waals surface area contributed by atoms with Gasteiger partial charge in [-0.1, -0.05) is 30.3 Å². The van der Waals surface area contributed by atoms with E-state index in [4.69, 9.17) is 4.74 Å². The van der Waals surface area contributed by atoms with Crippen LogP contribution in [0.25, 0.3) is 0 Å². The third kappa shape index (κ3) is 3.00. The van der Waals surface area contributed by atoms with Crippen molar-refractivity contribution in [3.05, 3.63) is 35.9 Å². The van der Waals surface area contributed by atoms with Crippen LogP contribution in [0.2, 0.25) is 0 Å². The molecule has 0 aromatic heterocycles. The second-order valence-electron chi connectivity index (χ2n) is 5.70. The van der Waals surface area contributed by atoms with E-state index in [9.17, 15) is 14.7 Å². The molecule has 0 spiro atoms. The van der Waals surface area contributed by atoms with E-state index in [1.54, 1.807) is 0 Å². The Labute approximate surface area is 122 Å². The van der Waals surface area contributed by atoms with Gasteiger partial charge in [-0.05, 0) is 18.4 Å². The summed E-state index contributed by atoms with van der Waals surface area (Å²) in [6, 6.07) is 9.68. The summed E-state index contributed by atoms with van der Waals surface area (Å²) in [6.07, 6.45) is 1.55. The maximum absolute atomic E-state index is 11.9. The van der Waals surface area contributed by atoms with Crippen molar-refractivity contribution in [3.8, 4) is 0 Å². The van der Waals surface area contributed by atoms with Crippen molar-refractivity contribution >= 4 is 12.1 Å². The molecule has 6 heteroatoms. The van der Waals surface area contributed by atoms with Crippen molar-refractivity contribution in [2.24, 2.45) is 0 Å². The summed E-state index contributed by atoms with van der Waals surface area (Å²) in [4.78, 5) is 24.7. The number of ether oxygens (including phenoxy) is 1. The Hall–Kier alpha value is -2.08. The van der Waals surface area contributed by atoms with E-state index in [1.165, 1.54) is 4.90 Å². The maximum atomic E-state index is 11.9. The zero-order valence-corrected chi connectivity index (χ0v) is 11.6. The lowest BCUT2D eigenvalue weighted by Crippen LogP contribution is -2.74. The van der Waals surface area contributed by atoms with Crippen molar-refractivity contribution in [3.63, 3.8) is 0 Å². The molecule has 0 bridgehead atoms. The molecule has 1 aromatic carbocycles. The molecule has 1 aliphatic carbocycles. The zero-order chi connectivity index (χ0) is 14.9. The molecule has 2 N–H and O–H groups in total. The molecule has 6 nitrogen and oxygen atoms in total. The highest BCUT2D eigenvalue weighted by atomic mass is 16.6. The van der Waals surface area contributed by atoms with Crippen molar-refractivity contribution < 1.29 is 19.4 Å². The molecule has 0 radical (unpaired) electrons. The number of carboxylic acids is 1. The minimum Gasteiger partial charge on any atom is -0.480 e. The Morgan fingerprint density at radius 3 is 2.52 bits per heavy atom. The van der Waals surface area contributed by atoms with Crippen LogP contribution in [0.1, 0.15) is 18.4 Å². The van der Waals surface area contributed by atoms with Gasteiger partial charge in [-0.15, -0.1) is 0 Å². The Morgan fingerprint density at radius 1 is 1.29 bits per heavy atom. The molecule has 1 aromatic rings. The van der Waals surface area contributed by atoms with Gasteiger partial charge < -0.3 is 14.7 Å². The summed E-state index contributed by atoms with van der Waals surface area (Å²) >= 11 is 0. The van der Waals surface area contributed by atoms with Gasteiger partial charge in [0.2, 0.25) is 0 Å². The number of nitrogens with zero attached hydrogens (tertiary/aromatic N) is 1. The topological polar surface area (TPSA) is 78.9 Å². The van der Waals surface area contributed by atoms with Crippen LogP contribution in [0.4, 0.5) is 4.79 Å². The van der Waals surface area contributed by atoms with E-state index in [-0.39, 0.29) is 25.7 Å². The monoisotopic (exact) mass is 290 g/mol. The zero-order valence-electron chi connectivity index (χ0n) is 11.6. The number of carbonyl (C=O) groups is 2. The van der Waals surface area contributed by atoms with Crippen molar-refractivity contribution in [2.45, 2.75) is 31.0 Å². The average molecular weight is 290 g/mol. The first-order chi connectivity index (χ1) is 10.1. The molecule has 1 saturated carbocycles. The van der Waals surface area contributed by atoms with Crippen LogP contribution in [0.5, 0.6) is 0 Å². The lowest BCUT2D eigenvalue weighted by Gasteiger charge is -2.46. The number of amides is 1. The summed E-state index contributed by atoms with van der Waals surface area (Å²) in [5.74, 6) is -0.901. The predicted molar refractivity (Wildman–Crippen MR) is 74.7 cm³/mol. The summed E-state index contributed by atoms with van der Waals surface area (Å²) in [5, 5.41) is 12.4. The molecule has 1 saturated heterocycles. The first kappa shape index (κ1) is 13.9. The van der Waals surface area contributed by atoms with Crippen LogP contribution < -0.4 is 5.32 Å². The highest BCUT2D eigenvalue weighted by Gasteiger charge is 2.54. The Bertz CT molecular complexity index is 536. The lowest BCUT2D eigenvalue weighted by atomic mass is 9.90. The van der Waals surface area contributed by atoms with Crippen LogP contribution >= 0.6 is 0 Å². The van der Waals surface area contributed by atoms with E-state index in [2.05, 4.69) is 5.32 Å². The minimum atomic E-state index is -0.993. The number of carboxylic acid groups (broad SMARTS) is 1. The number of carbonyl (C=O) groups excluding carboxylic acids is 1. The largest absolute Gasteiger partial charge is 0.480 e. The van der Waals surface area contributed by atoms with Crippen LogP contribution in [0.15, 0.2) is 30.3 Å². The molecule has 1 amide bonds. The van der Waals surface area contributed by atoms with Gasteiger partial charge in [0.1, 0.15) is 6.61 Å². The van der Waals surface area contributed by atoms with Gasteiger partial charge in [-0.3, -0.25) is 10.1 Å². The van der Waals surface area contributed by atoms with E-state index in [1.807, 2.05) is 30.3 Å². The second-order valence-corrected chi connectivity index (χ2v) is 5.70. The number of rotatable bonds is 5. The fourth-order valence-electron chi connectivity index (χ4n) is 2.45. The Morgan fingerprint density at radius 2 is 1.95 bits per heavy atom. The predicted octanol–water partition coefficient (Wildman–Crippen LogP) is 1.21. The van der Waals surface area contributed by atoms with E-state index in [0.717, 1.165) is 18.4 Å². The number of hydrogen-bond donors (Lipinski definition) is 2. The fourth-order valence-corrected chi connectivity index (χ4v) is 2.45. The second kappa shape index (κ2) is 5.37. The van der Waals surface area contributed by atoms with Crippen LogP contribution in [-0.4, -0.2) is 46.7 Å². The van der Waals surface area contributed by atoms with Gasteiger partial charge in [0.15, 0.2) is 5.54 Å². The quantitative estimate of drug-likeness (QED) is 0.852. The molecule has 0 unspecified atom stereocenters. The third-order valence-corrected chi connectivity index (χ3v) is 3.85. The molecule has 3 rings (SSSR count). The number of benzene rings is 1. The van der Waals surface area contributed by atoms with Crippen molar-refractivity contribution in [2.75, 3.05) is 13.1 Å². The van der Waals surface area contributed by atoms with Gasteiger partial charge in [0.25, 0.3) is 0 Å². The van der Waals surface area contributed by atoms with Gasteiger partial charge >= 0.3 is 12.1 Å². The molecular formula is C15H18N2O4. The smallest absolute Gasteiger partial charge is 0.410 e. The van der Waals surface area contributed by atoms with Gasteiger partial charge in [0.05, 0.1) is 13.1 Å². The third-order valence-electron chi connectivity index (χ3n) is 3.85. The number of aliphatic carboxylic acids is 1. The lowest BCUT2D eigenvalue weighted by molar-refractivity contribution is -0.152. The summed E-state index contributed by atoms with van der Waals surface area (Å²) in [5.41, 5.74) is -0.0839. The standard InChI is InChI=1S/C15H18N2O4/c18-13(19)15(16-12-6-7-12)9-17(10-15)14(20)21-8-11-4-2-1-3-5-11/h1-5,12,16H,6-10H2,(H,18,19). The highest BCUT2D eigenvalue weighted by Crippen LogP contribution is 2.29. The maximum Gasteiger partial charge on any atom is 0.410 e. The van der Waals surface area contributed by atoms with E-state index < -0.39 is 17.6 Å². The first-order valence-electron chi connectivity index (χ1n) is 7.06. The normalized spacial score (nSPS) is 19.7. The Balaban J connectivity index is 1.50. The average Bonchev–Trinajstić information content (AvgIpc) is 3.24. The minimum absolute atomic E-state index is 0.159. The van der Waals surface area contributed by atoms with Crippen molar-refractivity contribution in [1.82, 2.24) is 10.2 Å². The molecule has 112 valence electrons. The SMILES string of the molecule is O=C(OCc1ccccc1)N1CC(NC2CC2)(C(=O)O)C1. The first-order valence-corrected chi connectivity index (χ1v) is 7.06. The van der Waals surface area contributed by atoms with Crippen LogP contribution in [0, 0.1) is 0 Å². The molecule has 0 atom stereocenters. The summed E-state index contributed by atoms with van der Waals surface area (Å²) in [7, 11) is 0. The molecule has 1 heterocycles.